The number of carboxylic acid groups (broad SMARTS) is 1. The number of aryl methyl sites for hydroxylation is 1. The molecular formula is C11H14N6O4. The molecule has 2 rings (SSSR count). The van der Waals surface area contributed by atoms with E-state index in [0.29, 0.717) is 12.3 Å². The molecule has 0 aliphatic rings. The van der Waals surface area contributed by atoms with Gasteiger partial charge >= 0.3 is 12.0 Å². The highest BCUT2D eigenvalue weighted by Gasteiger charge is 2.08. The summed E-state index contributed by atoms with van der Waals surface area (Å²) in [5.74, 6) is -0.584. The van der Waals surface area contributed by atoms with Crippen molar-refractivity contribution in [1.29, 1.82) is 0 Å². The molecule has 21 heavy (non-hydrogen) atoms. The quantitative estimate of drug-likeness (QED) is 0.669. The number of urea groups is 1. The summed E-state index contributed by atoms with van der Waals surface area (Å²) in [7, 11) is 0. The van der Waals surface area contributed by atoms with Gasteiger partial charge in [0.15, 0.2) is 11.5 Å². The molecule has 0 saturated heterocycles. The number of hydrogen-bond acceptors (Lipinski definition) is 6. The molecule has 0 saturated carbocycles. The molecule has 2 heterocycles. The molecule has 10 nitrogen and oxygen atoms in total. The summed E-state index contributed by atoms with van der Waals surface area (Å²) in [6, 6.07) is 1.35. The van der Waals surface area contributed by atoms with Crippen molar-refractivity contribution >= 4 is 12.0 Å². The average molecular weight is 294 g/mol. The van der Waals surface area contributed by atoms with Gasteiger partial charge in [0.1, 0.15) is 0 Å². The Hall–Kier alpha value is -2.91. The first-order valence-electron chi connectivity index (χ1n) is 6.12. The van der Waals surface area contributed by atoms with Crippen LogP contribution in [0.1, 0.15) is 21.9 Å². The molecule has 2 aromatic rings. The number of aromatic carboxylic acids is 1. The van der Waals surface area contributed by atoms with Crippen molar-refractivity contribution in [3.63, 3.8) is 0 Å². The van der Waals surface area contributed by atoms with Crippen molar-refractivity contribution in [3.8, 4) is 0 Å². The van der Waals surface area contributed by atoms with Crippen LogP contribution in [-0.2, 0) is 13.1 Å². The molecule has 10 heteroatoms. The zero-order chi connectivity index (χ0) is 15.2. The molecule has 2 aromatic heterocycles. The van der Waals surface area contributed by atoms with E-state index in [1.165, 1.54) is 10.9 Å². The van der Waals surface area contributed by atoms with Gasteiger partial charge in [0.2, 0.25) is 0 Å². The minimum Gasteiger partial charge on any atom is -0.476 e. The monoisotopic (exact) mass is 294 g/mol. The lowest BCUT2D eigenvalue weighted by Gasteiger charge is -2.05. The van der Waals surface area contributed by atoms with Gasteiger partial charge in [-0.05, 0) is 6.92 Å². The van der Waals surface area contributed by atoms with Crippen LogP contribution in [0.2, 0.25) is 0 Å². The lowest BCUT2D eigenvalue weighted by atomic mass is 10.4. The number of amides is 2. The minimum atomic E-state index is -1.14. The molecule has 0 unspecified atom stereocenters. The highest BCUT2D eigenvalue weighted by molar-refractivity contribution is 5.84. The van der Waals surface area contributed by atoms with E-state index in [9.17, 15) is 9.59 Å². The van der Waals surface area contributed by atoms with Gasteiger partial charge in [-0.1, -0.05) is 10.4 Å². The third-order valence-corrected chi connectivity index (χ3v) is 2.48. The normalized spacial score (nSPS) is 10.3. The van der Waals surface area contributed by atoms with Crippen molar-refractivity contribution in [2.75, 3.05) is 6.54 Å². The summed E-state index contributed by atoms with van der Waals surface area (Å²) in [6.07, 6.45) is 1.29. The van der Waals surface area contributed by atoms with Crippen LogP contribution >= 0.6 is 0 Å². The smallest absolute Gasteiger partial charge is 0.358 e. The molecule has 0 fully saturated rings. The molecule has 2 amide bonds. The maximum absolute atomic E-state index is 11.5. The number of carbonyl (C=O) groups is 2. The van der Waals surface area contributed by atoms with E-state index in [1.807, 2.05) is 0 Å². The highest BCUT2D eigenvalue weighted by Crippen LogP contribution is 2.00. The van der Waals surface area contributed by atoms with E-state index in [4.69, 9.17) is 9.63 Å². The van der Waals surface area contributed by atoms with Gasteiger partial charge in [-0.2, -0.15) is 0 Å². The summed E-state index contributed by atoms with van der Waals surface area (Å²) in [5, 5.41) is 24.7. The van der Waals surface area contributed by atoms with Crippen LogP contribution in [0.4, 0.5) is 4.79 Å². The van der Waals surface area contributed by atoms with E-state index >= 15 is 0 Å². The summed E-state index contributed by atoms with van der Waals surface area (Å²) in [5.41, 5.74) is 0.604. The number of nitrogens with one attached hydrogen (secondary N) is 2. The van der Waals surface area contributed by atoms with Gasteiger partial charge in [0.05, 0.1) is 25.0 Å². The van der Waals surface area contributed by atoms with E-state index in [1.54, 1.807) is 13.0 Å². The number of nitrogens with zero attached hydrogens (tertiary/aromatic N) is 4. The summed E-state index contributed by atoms with van der Waals surface area (Å²) < 4.78 is 6.28. The first kappa shape index (κ1) is 14.5. The van der Waals surface area contributed by atoms with Crippen LogP contribution < -0.4 is 10.6 Å². The second-order valence-corrected chi connectivity index (χ2v) is 4.22. The topological polar surface area (TPSA) is 135 Å². The number of hydrogen-bond donors (Lipinski definition) is 3. The summed E-state index contributed by atoms with van der Waals surface area (Å²) >= 11 is 0. The Balaban J connectivity index is 1.67. The number of carboxylic acids is 1. The molecule has 0 spiro atoms. The zero-order valence-corrected chi connectivity index (χ0v) is 11.2. The lowest BCUT2D eigenvalue weighted by Crippen LogP contribution is -2.36. The van der Waals surface area contributed by atoms with Crippen LogP contribution in [-0.4, -0.2) is 43.8 Å². The van der Waals surface area contributed by atoms with E-state index < -0.39 is 5.97 Å². The van der Waals surface area contributed by atoms with Gasteiger partial charge in [-0.15, -0.1) is 5.10 Å². The van der Waals surface area contributed by atoms with Crippen LogP contribution in [0.15, 0.2) is 16.8 Å². The molecule has 0 atom stereocenters. The second kappa shape index (κ2) is 6.50. The Morgan fingerprint density at radius 1 is 1.43 bits per heavy atom. The zero-order valence-electron chi connectivity index (χ0n) is 11.2. The Kier molecular flexibility index (Phi) is 4.49. The van der Waals surface area contributed by atoms with Crippen LogP contribution in [0, 0.1) is 6.92 Å². The highest BCUT2D eigenvalue weighted by atomic mass is 16.5. The third-order valence-electron chi connectivity index (χ3n) is 2.48. The van der Waals surface area contributed by atoms with Crippen molar-refractivity contribution in [3.05, 3.63) is 29.4 Å². The third kappa shape index (κ3) is 4.30. The van der Waals surface area contributed by atoms with Crippen molar-refractivity contribution in [2.24, 2.45) is 0 Å². The first-order valence-corrected chi connectivity index (χ1v) is 6.12. The van der Waals surface area contributed by atoms with Crippen LogP contribution in [0.5, 0.6) is 0 Å². The van der Waals surface area contributed by atoms with Gasteiger partial charge in [0, 0.05) is 12.6 Å². The van der Waals surface area contributed by atoms with E-state index in [0.717, 1.165) is 5.69 Å². The number of carbonyl (C=O) groups excluding carboxylic acids is 1. The predicted molar refractivity (Wildman–Crippen MR) is 68.5 cm³/mol. The van der Waals surface area contributed by atoms with Gasteiger partial charge < -0.3 is 20.3 Å². The minimum absolute atomic E-state index is 0.139. The fourth-order valence-electron chi connectivity index (χ4n) is 1.52. The fraction of sp³-hybridized carbons (Fsp3) is 0.364. The SMILES string of the molecule is Cc1cc(CNC(=O)NCCn2cc(C(=O)O)nn2)on1. The van der Waals surface area contributed by atoms with Crippen molar-refractivity contribution in [1.82, 2.24) is 30.8 Å². The van der Waals surface area contributed by atoms with Gasteiger partial charge in [-0.25, -0.2) is 14.3 Å². The number of rotatable bonds is 6. The molecular weight excluding hydrogens is 280 g/mol. The second-order valence-electron chi connectivity index (χ2n) is 4.22. The molecule has 3 N–H and O–H groups in total. The predicted octanol–water partition coefficient (Wildman–Crippen LogP) is -0.228. The van der Waals surface area contributed by atoms with E-state index in [-0.39, 0.29) is 24.8 Å². The molecule has 0 aliphatic carbocycles. The van der Waals surface area contributed by atoms with Crippen molar-refractivity contribution < 1.29 is 19.2 Å². The largest absolute Gasteiger partial charge is 0.476 e. The summed E-state index contributed by atoms with van der Waals surface area (Å²) in [4.78, 5) is 22.1. The lowest BCUT2D eigenvalue weighted by molar-refractivity contribution is 0.0690. The van der Waals surface area contributed by atoms with Crippen molar-refractivity contribution in [2.45, 2.75) is 20.0 Å². The Morgan fingerprint density at radius 2 is 2.24 bits per heavy atom. The molecule has 0 radical (unpaired) electrons. The van der Waals surface area contributed by atoms with E-state index in [2.05, 4.69) is 26.1 Å². The maximum atomic E-state index is 11.5. The Labute approximate surface area is 119 Å². The molecule has 0 aliphatic heterocycles. The Morgan fingerprint density at radius 3 is 2.86 bits per heavy atom. The standard InChI is InChI=1S/C11H14N6O4/c1-7-4-8(21-15-7)5-13-11(20)12-2-3-17-6-9(10(18)19)14-16-17/h4,6H,2-3,5H2,1H3,(H,18,19)(H2,12,13,20). The summed E-state index contributed by atoms with van der Waals surface area (Å²) in [6.45, 7) is 2.62. The number of aromatic nitrogens is 4. The molecule has 112 valence electrons. The Bertz CT molecular complexity index is 634. The van der Waals surface area contributed by atoms with Crippen LogP contribution in [0.3, 0.4) is 0 Å². The van der Waals surface area contributed by atoms with Crippen LogP contribution in [0.25, 0.3) is 0 Å². The molecule has 0 bridgehead atoms. The molecule has 0 aromatic carbocycles. The van der Waals surface area contributed by atoms with Gasteiger partial charge in [-0.3, -0.25) is 0 Å². The first-order chi connectivity index (χ1) is 10.0. The maximum Gasteiger partial charge on any atom is 0.358 e. The average Bonchev–Trinajstić information content (AvgIpc) is 3.05. The fourth-order valence-corrected chi connectivity index (χ4v) is 1.52. The van der Waals surface area contributed by atoms with Gasteiger partial charge in [0.25, 0.3) is 0 Å².